The summed E-state index contributed by atoms with van der Waals surface area (Å²) in [6.45, 7) is 3.71. The van der Waals surface area contributed by atoms with Crippen molar-refractivity contribution in [2.24, 2.45) is 5.92 Å². The summed E-state index contributed by atoms with van der Waals surface area (Å²) in [4.78, 5) is 28.0. The number of unbranched alkanes of at least 4 members (excludes halogenated alkanes) is 5. The van der Waals surface area contributed by atoms with Crippen molar-refractivity contribution in [3.05, 3.63) is 58.6 Å². The third kappa shape index (κ3) is 6.80. The molecule has 1 heterocycles. The molecule has 198 valence electrons. The molecule has 0 bridgehead atoms. The number of piperidine rings is 1. The van der Waals surface area contributed by atoms with E-state index in [9.17, 15) is 9.59 Å². The predicted molar refractivity (Wildman–Crippen MR) is 145 cm³/mol. The first kappa shape index (κ1) is 28.5. The van der Waals surface area contributed by atoms with E-state index in [1.165, 1.54) is 90.8 Å². The van der Waals surface area contributed by atoms with Crippen molar-refractivity contribution in [2.45, 2.75) is 76.5 Å². The Morgan fingerprint density at radius 2 is 1.31 bits per heavy atom. The molecule has 0 amide bonds. The van der Waals surface area contributed by atoms with Gasteiger partial charge in [-0.15, -0.1) is 12.4 Å². The maximum atomic E-state index is 12.7. The van der Waals surface area contributed by atoms with Crippen LogP contribution in [0.3, 0.4) is 0 Å². The average molecular weight is 516 g/mol. The highest BCUT2D eigenvalue weighted by Gasteiger charge is 2.41. The van der Waals surface area contributed by atoms with Gasteiger partial charge in [-0.3, -0.25) is 9.59 Å². The van der Waals surface area contributed by atoms with E-state index >= 15 is 0 Å². The number of nitrogens with zero attached hydrogens (tertiary/aromatic N) is 1. The Hall–Kier alpha value is -2.11. The number of carbonyl (C=O) groups is 2. The number of carbonyl (C=O) groups excluding carboxylic acids is 2. The second kappa shape index (κ2) is 14.0. The van der Waals surface area contributed by atoms with Crippen LogP contribution in [0.15, 0.2) is 53.0 Å². The smallest absolute Gasteiger partial charge is 0.228 e. The second-order valence-corrected chi connectivity index (χ2v) is 10.4. The Kier molecular flexibility index (Phi) is 11.1. The van der Waals surface area contributed by atoms with Crippen LogP contribution in [-0.4, -0.2) is 50.3 Å². The molecule has 1 aromatic rings. The second-order valence-electron chi connectivity index (χ2n) is 10.4. The minimum Gasteiger partial charge on any atom is -0.489 e. The van der Waals surface area contributed by atoms with Crippen molar-refractivity contribution >= 4 is 24.0 Å². The Morgan fingerprint density at radius 3 is 1.86 bits per heavy atom. The molecule has 1 fully saturated rings. The number of halogens is 1. The molecule has 2 aliphatic carbocycles. The molecule has 0 spiro atoms. The molecule has 0 saturated carbocycles. The van der Waals surface area contributed by atoms with Gasteiger partial charge in [0.2, 0.25) is 23.1 Å². The molecule has 36 heavy (non-hydrogen) atoms. The van der Waals surface area contributed by atoms with E-state index in [1.54, 1.807) is 0 Å². The Labute approximate surface area is 222 Å². The van der Waals surface area contributed by atoms with Crippen molar-refractivity contribution in [1.29, 1.82) is 0 Å². The summed E-state index contributed by atoms with van der Waals surface area (Å²) < 4.78 is 10.3. The Morgan fingerprint density at radius 1 is 0.778 bits per heavy atom. The molecule has 1 aliphatic heterocycles. The van der Waals surface area contributed by atoms with Crippen LogP contribution < -0.4 is 0 Å². The van der Waals surface area contributed by atoms with Gasteiger partial charge in [-0.25, -0.2) is 0 Å². The maximum Gasteiger partial charge on any atom is 0.228 e. The third-order valence-corrected chi connectivity index (χ3v) is 8.12. The zero-order valence-corrected chi connectivity index (χ0v) is 22.7. The van der Waals surface area contributed by atoms with Crippen LogP contribution in [0.5, 0.6) is 0 Å². The Bertz CT molecular complexity index is 909. The number of Topliss-reactive ketones (excluding diaryl/α,β-unsaturated/α-hetero) is 2. The van der Waals surface area contributed by atoms with Crippen LogP contribution in [0.25, 0.3) is 0 Å². The van der Waals surface area contributed by atoms with Gasteiger partial charge in [0, 0.05) is 11.1 Å². The molecule has 0 aromatic heterocycles. The van der Waals surface area contributed by atoms with Crippen molar-refractivity contribution < 1.29 is 19.1 Å². The number of hydrogen-bond donors (Lipinski definition) is 0. The normalized spacial score (nSPS) is 19.5. The van der Waals surface area contributed by atoms with E-state index in [0.29, 0.717) is 29.9 Å². The lowest BCUT2D eigenvalue weighted by atomic mass is 9.89. The van der Waals surface area contributed by atoms with Gasteiger partial charge < -0.3 is 14.4 Å². The minimum atomic E-state index is -0.161. The average Bonchev–Trinajstić information content (AvgIpc) is 3.33. The summed E-state index contributed by atoms with van der Waals surface area (Å²) >= 11 is 0. The highest BCUT2D eigenvalue weighted by atomic mass is 35.5. The van der Waals surface area contributed by atoms with E-state index < -0.39 is 0 Å². The molecule has 1 saturated heterocycles. The summed E-state index contributed by atoms with van der Waals surface area (Å²) in [5, 5.41) is 0. The lowest BCUT2D eigenvalue weighted by molar-refractivity contribution is -0.121. The number of allylic oxidation sites excluding steroid dienone is 2. The topological polar surface area (TPSA) is 55.8 Å². The van der Waals surface area contributed by atoms with Gasteiger partial charge in [-0.1, -0.05) is 62.4 Å². The van der Waals surface area contributed by atoms with Gasteiger partial charge in [0.05, 0.1) is 14.2 Å². The molecule has 0 unspecified atom stereocenters. The molecule has 0 N–H and O–H groups in total. The Balaban J connectivity index is 0.00000361. The largest absolute Gasteiger partial charge is 0.489 e. The number of benzene rings is 1. The van der Waals surface area contributed by atoms with E-state index in [4.69, 9.17) is 9.47 Å². The van der Waals surface area contributed by atoms with E-state index in [0.717, 1.165) is 12.3 Å². The number of likely N-dealkylation sites (tertiary alicyclic amines) is 1. The summed E-state index contributed by atoms with van der Waals surface area (Å²) in [5.74, 6) is 0.942. The van der Waals surface area contributed by atoms with Crippen LogP contribution in [0, 0.1) is 5.92 Å². The molecule has 6 heteroatoms. The fourth-order valence-electron chi connectivity index (χ4n) is 6.10. The van der Waals surface area contributed by atoms with Gasteiger partial charge in [-0.05, 0) is 75.6 Å². The fraction of sp³-hybridized carbons (Fsp3) is 0.600. The standard InChI is InChI=1S/C30H41NO4.ClH/c1-34-29-27(32)25-20-22(21-26(25)28(33)30(29)35-2)12-8-5-3-4-6-11-17-31-18-15-24(16-19-31)23-13-9-7-10-14-23;/h7,9-10,13-14,22,24H,3-6,8,11-12,15-21H2,1-2H3;1H. The fourth-order valence-corrected chi connectivity index (χ4v) is 6.10. The first-order chi connectivity index (χ1) is 17.1. The van der Waals surface area contributed by atoms with E-state index in [1.807, 2.05) is 0 Å². The number of rotatable bonds is 12. The number of ketones is 2. The predicted octanol–water partition coefficient (Wildman–Crippen LogP) is 6.38. The number of ether oxygens (including phenoxy) is 2. The van der Waals surface area contributed by atoms with Gasteiger partial charge in [-0.2, -0.15) is 0 Å². The van der Waals surface area contributed by atoms with E-state index in [-0.39, 0.29) is 35.5 Å². The first-order valence-electron chi connectivity index (χ1n) is 13.5. The molecular weight excluding hydrogens is 474 g/mol. The molecule has 0 atom stereocenters. The summed E-state index contributed by atoms with van der Waals surface area (Å²) in [6.07, 6.45) is 12.6. The minimum absolute atomic E-state index is 0. The van der Waals surface area contributed by atoms with Crippen LogP contribution >= 0.6 is 12.4 Å². The number of hydrogen-bond acceptors (Lipinski definition) is 5. The zero-order chi connectivity index (χ0) is 24.6. The molecule has 3 aliphatic rings. The highest BCUT2D eigenvalue weighted by Crippen LogP contribution is 2.41. The monoisotopic (exact) mass is 515 g/mol. The zero-order valence-electron chi connectivity index (χ0n) is 21.9. The summed E-state index contributed by atoms with van der Waals surface area (Å²) in [6, 6.07) is 11.0. The molecule has 1 aromatic carbocycles. The van der Waals surface area contributed by atoms with Crippen molar-refractivity contribution in [2.75, 3.05) is 33.9 Å². The first-order valence-corrected chi connectivity index (χ1v) is 13.5. The van der Waals surface area contributed by atoms with E-state index in [2.05, 4.69) is 35.2 Å². The van der Waals surface area contributed by atoms with Gasteiger partial charge >= 0.3 is 0 Å². The third-order valence-electron chi connectivity index (χ3n) is 8.12. The summed E-state index contributed by atoms with van der Waals surface area (Å²) in [5.41, 5.74) is 2.82. The molecule has 0 radical (unpaired) electrons. The van der Waals surface area contributed by atoms with Crippen LogP contribution in [0.4, 0.5) is 0 Å². The molecular formula is C30H42ClNO4. The molecule has 4 rings (SSSR count). The van der Waals surface area contributed by atoms with Crippen molar-refractivity contribution in [1.82, 2.24) is 4.90 Å². The SMILES string of the molecule is COC1=C(OC)C(=O)C2=C(CC(CCCCCCCCN3CCC(c4ccccc4)CC3)C2)C1=O.Cl. The lowest BCUT2D eigenvalue weighted by Gasteiger charge is -2.32. The summed E-state index contributed by atoms with van der Waals surface area (Å²) in [7, 11) is 2.84. The quantitative estimate of drug-likeness (QED) is 0.239. The van der Waals surface area contributed by atoms with Gasteiger partial charge in [0.1, 0.15) is 0 Å². The van der Waals surface area contributed by atoms with Crippen LogP contribution in [0.2, 0.25) is 0 Å². The van der Waals surface area contributed by atoms with Crippen molar-refractivity contribution in [3.8, 4) is 0 Å². The van der Waals surface area contributed by atoms with Crippen molar-refractivity contribution in [3.63, 3.8) is 0 Å². The number of methoxy groups -OCH3 is 2. The van der Waals surface area contributed by atoms with Crippen LogP contribution in [-0.2, 0) is 19.1 Å². The maximum absolute atomic E-state index is 12.7. The van der Waals surface area contributed by atoms with Gasteiger partial charge in [0.15, 0.2) is 0 Å². The van der Waals surface area contributed by atoms with Gasteiger partial charge in [0.25, 0.3) is 0 Å². The highest BCUT2D eigenvalue weighted by molar-refractivity contribution is 6.24. The van der Waals surface area contributed by atoms with Crippen LogP contribution in [0.1, 0.15) is 82.1 Å². The lowest BCUT2D eigenvalue weighted by Crippen LogP contribution is -2.33. The molecule has 5 nitrogen and oxygen atoms in total.